The summed E-state index contributed by atoms with van der Waals surface area (Å²) in [6.45, 7) is 4.55. The van der Waals surface area contributed by atoms with Crippen LogP contribution in [0.25, 0.3) is 0 Å². The number of benzene rings is 1. The number of aryl methyl sites for hydroxylation is 2. The summed E-state index contributed by atoms with van der Waals surface area (Å²) >= 11 is 5.73. The molecule has 0 amide bonds. The third-order valence-corrected chi connectivity index (χ3v) is 3.28. The minimum atomic E-state index is -0.678. The summed E-state index contributed by atoms with van der Waals surface area (Å²) in [5, 5.41) is 14.6. The third kappa shape index (κ3) is 3.14. The number of aliphatic hydroxyl groups is 1. The molecule has 3 nitrogen and oxygen atoms in total. The molecule has 19 heavy (non-hydrogen) atoms. The van der Waals surface area contributed by atoms with Gasteiger partial charge in [0.25, 0.3) is 0 Å². The maximum Gasteiger partial charge on any atom is 0.141 e. The van der Waals surface area contributed by atoms with Crippen LogP contribution in [-0.4, -0.2) is 14.9 Å². The van der Waals surface area contributed by atoms with E-state index in [4.69, 9.17) is 11.6 Å². The Balaban J connectivity index is 2.20. The summed E-state index contributed by atoms with van der Waals surface area (Å²) < 4.78 is 14.8. The number of hydrogen-bond donors (Lipinski definition) is 1. The van der Waals surface area contributed by atoms with Gasteiger partial charge in [-0.1, -0.05) is 17.7 Å². The molecule has 0 aliphatic rings. The standard InChI is InChI=1S/C14H16ClFN2O/c1-3-18-13(6-9(2)17-18)14(19)8-10-4-5-12(16)11(15)7-10/h4-7,14,19H,3,8H2,1-2H3. The molecule has 1 unspecified atom stereocenters. The van der Waals surface area contributed by atoms with E-state index >= 15 is 0 Å². The van der Waals surface area contributed by atoms with Crippen molar-refractivity contribution in [3.8, 4) is 0 Å². The number of rotatable bonds is 4. The van der Waals surface area contributed by atoms with Crippen LogP contribution in [0.4, 0.5) is 4.39 Å². The second-order valence-corrected chi connectivity index (χ2v) is 4.90. The molecule has 1 heterocycles. The SMILES string of the molecule is CCn1nc(C)cc1C(O)Cc1ccc(F)c(Cl)c1. The van der Waals surface area contributed by atoms with E-state index in [0.29, 0.717) is 13.0 Å². The Bertz CT molecular complexity index is 583. The molecule has 0 fully saturated rings. The van der Waals surface area contributed by atoms with Gasteiger partial charge in [0.05, 0.1) is 22.5 Å². The zero-order chi connectivity index (χ0) is 14.0. The number of nitrogens with zero attached hydrogens (tertiary/aromatic N) is 2. The first-order valence-corrected chi connectivity index (χ1v) is 6.55. The molecule has 1 aromatic carbocycles. The van der Waals surface area contributed by atoms with Crippen molar-refractivity contribution in [2.24, 2.45) is 0 Å². The lowest BCUT2D eigenvalue weighted by Gasteiger charge is -2.12. The van der Waals surface area contributed by atoms with Crippen LogP contribution in [0.2, 0.25) is 5.02 Å². The minimum Gasteiger partial charge on any atom is -0.386 e. The molecule has 102 valence electrons. The van der Waals surface area contributed by atoms with Crippen molar-refractivity contribution >= 4 is 11.6 Å². The first-order valence-electron chi connectivity index (χ1n) is 6.17. The van der Waals surface area contributed by atoms with Crippen LogP contribution in [0.3, 0.4) is 0 Å². The lowest BCUT2D eigenvalue weighted by Crippen LogP contribution is -2.10. The highest BCUT2D eigenvalue weighted by Gasteiger charge is 2.15. The lowest BCUT2D eigenvalue weighted by molar-refractivity contribution is 0.167. The Morgan fingerprint density at radius 2 is 2.16 bits per heavy atom. The molecular formula is C14H16ClFN2O. The Hall–Kier alpha value is -1.39. The van der Waals surface area contributed by atoms with Crippen LogP contribution in [0.15, 0.2) is 24.3 Å². The van der Waals surface area contributed by atoms with Crippen LogP contribution < -0.4 is 0 Å². The number of aromatic nitrogens is 2. The van der Waals surface area contributed by atoms with E-state index in [1.807, 2.05) is 19.9 Å². The minimum absolute atomic E-state index is 0.0740. The predicted molar refractivity (Wildman–Crippen MR) is 72.7 cm³/mol. The van der Waals surface area contributed by atoms with Crippen LogP contribution in [0.1, 0.15) is 30.0 Å². The monoisotopic (exact) mass is 282 g/mol. The van der Waals surface area contributed by atoms with Gasteiger partial charge in [-0.25, -0.2) is 4.39 Å². The highest BCUT2D eigenvalue weighted by molar-refractivity contribution is 6.30. The topological polar surface area (TPSA) is 38.0 Å². The van der Waals surface area contributed by atoms with Gasteiger partial charge in [-0.05, 0) is 37.6 Å². The lowest BCUT2D eigenvalue weighted by atomic mass is 10.1. The second-order valence-electron chi connectivity index (χ2n) is 4.49. The largest absolute Gasteiger partial charge is 0.386 e. The van der Waals surface area contributed by atoms with Gasteiger partial charge in [0, 0.05) is 13.0 Å². The molecular weight excluding hydrogens is 267 g/mol. The fourth-order valence-electron chi connectivity index (χ4n) is 2.08. The zero-order valence-corrected chi connectivity index (χ0v) is 11.7. The molecule has 0 spiro atoms. The maximum absolute atomic E-state index is 13.1. The molecule has 5 heteroatoms. The fourth-order valence-corrected chi connectivity index (χ4v) is 2.28. The van der Waals surface area contributed by atoms with Crippen LogP contribution in [0.5, 0.6) is 0 Å². The van der Waals surface area contributed by atoms with Crippen molar-refractivity contribution < 1.29 is 9.50 Å². The molecule has 0 saturated carbocycles. The Kier molecular flexibility index (Phi) is 4.22. The highest BCUT2D eigenvalue weighted by atomic mass is 35.5. The second kappa shape index (κ2) is 5.72. The third-order valence-electron chi connectivity index (χ3n) is 2.99. The summed E-state index contributed by atoms with van der Waals surface area (Å²) in [5.41, 5.74) is 2.42. The fraction of sp³-hybridized carbons (Fsp3) is 0.357. The molecule has 1 N–H and O–H groups in total. The van der Waals surface area contributed by atoms with E-state index in [2.05, 4.69) is 5.10 Å². The quantitative estimate of drug-likeness (QED) is 0.934. The van der Waals surface area contributed by atoms with E-state index in [0.717, 1.165) is 17.0 Å². The van der Waals surface area contributed by atoms with Gasteiger partial charge in [0.2, 0.25) is 0 Å². The Morgan fingerprint density at radius 1 is 1.42 bits per heavy atom. The van der Waals surface area contributed by atoms with E-state index in [1.54, 1.807) is 16.8 Å². The van der Waals surface area contributed by atoms with Gasteiger partial charge in [0.1, 0.15) is 5.82 Å². The average Bonchev–Trinajstić information content (AvgIpc) is 2.75. The molecule has 2 rings (SSSR count). The molecule has 0 aliphatic carbocycles. The van der Waals surface area contributed by atoms with E-state index in [1.165, 1.54) is 6.07 Å². The summed E-state index contributed by atoms with van der Waals surface area (Å²) in [4.78, 5) is 0. The average molecular weight is 283 g/mol. The summed E-state index contributed by atoms with van der Waals surface area (Å²) in [5.74, 6) is -0.450. The molecule has 2 aromatic rings. The number of aliphatic hydroxyl groups excluding tert-OH is 1. The molecule has 1 aromatic heterocycles. The van der Waals surface area contributed by atoms with Crippen molar-refractivity contribution in [2.75, 3.05) is 0 Å². The van der Waals surface area contributed by atoms with Gasteiger partial charge in [-0.2, -0.15) is 5.10 Å². The number of halogens is 2. The summed E-state index contributed by atoms with van der Waals surface area (Å²) in [6.07, 6.45) is -0.298. The molecule has 0 bridgehead atoms. The molecule has 0 aliphatic heterocycles. The van der Waals surface area contributed by atoms with Crippen LogP contribution in [0, 0.1) is 12.7 Å². The van der Waals surface area contributed by atoms with Crippen LogP contribution in [-0.2, 0) is 13.0 Å². The smallest absolute Gasteiger partial charge is 0.141 e. The van der Waals surface area contributed by atoms with Crippen molar-refractivity contribution in [3.63, 3.8) is 0 Å². The van der Waals surface area contributed by atoms with Gasteiger partial charge in [-0.15, -0.1) is 0 Å². The van der Waals surface area contributed by atoms with Gasteiger partial charge in [0.15, 0.2) is 0 Å². The van der Waals surface area contributed by atoms with Gasteiger partial charge >= 0.3 is 0 Å². The normalized spacial score (nSPS) is 12.7. The number of hydrogen-bond acceptors (Lipinski definition) is 2. The maximum atomic E-state index is 13.1. The Labute approximate surface area is 116 Å². The van der Waals surface area contributed by atoms with Crippen molar-refractivity contribution in [2.45, 2.75) is 32.9 Å². The van der Waals surface area contributed by atoms with E-state index in [9.17, 15) is 9.50 Å². The van der Waals surface area contributed by atoms with E-state index in [-0.39, 0.29) is 5.02 Å². The Morgan fingerprint density at radius 3 is 2.79 bits per heavy atom. The van der Waals surface area contributed by atoms with Crippen molar-refractivity contribution in [1.82, 2.24) is 9.78 Å². The highest BCUT2D eigenvalue weighted by Crippen LogP contribution is 2.22. The van der Waals surface area contributed by atoms with Crippen LogP contribution >= 0.6 is 11.6 Å². The van der Waals surface area contributed by atoms with E-state index < -0.39 is 11.9 Å². The van der Waals surface area contributed by atoms with Gasteiger partial charge in [-0.3, -0.25) is 4.68 Å². The van der Waals surface area contributed by atoms with Crippen molar-refractivity contribution in [3.05, 3.63) is 52.1 Å². The van der Waals surface area contributed by atoms with Crippen molar-refractivity contribution in [1.29, 1.82) is 0 Å². The first-order chi connectivity index (χ1) is 9.01. The molecule has 1 atom stereocenters. The zero-order valence-electron chi connectivity index (χ0n) is 10.9. The molecule has 0 radical (unpaired) electrons. The summed E-state index contributed by atoms with van der Waals surface area (Å²) in [7, 11) is 0. The summed E-state index contributed by atoms with van der Waals surface area (Å²) in [6, 6.07) is 6.34. The first kappa shape index (κ1) is 14.0. The molecule has 0 saturated heterocycles. The van der Waals surface area contributed by atoms with Gasteiger partial charge < -0.3 is 5.11 Å². The predicted octanol–water partition coefficient (Wildman–Crippen LogP) is 3.28.